The van der Waals surface area contributed by atoms with Crippen molar-refractivity contribution < 1.29 is 24.2 Å². The number of hydrogen-bond donors (Lipinski definition) is 2. The van der Waals surface area contributed by atoms with Gasteiger partial charge in [-0.25, -0.2) is 10.2 Å². The molecule has 7 nitrogen and oxygen atoms in total. The number of carboxylic acids is 1. The number of aliphatic carboxylic acids is 1. The summed E-state index contributed by atoms with van der Waals surface area (Å²) >= 11 is 0. The van der Waals surface area contributed by atoms with Crippen LogP contribution in [-0.2, 0) is 9.59 Å². The molecule has 1 amide bonds. The minimum Gasteiger partial charge on any atom is -0.497 e. The van der Waals surface area contributed by atoms with Crippen LogP contribution in [-0.4, -0.2) is 36.4 Å². The number of hydrogen-bond acceptors (Lipinski definition) is 5. The molecule has 0 saturated heterocycles. The molecule has 1 aromatic rings. The first-order valence-corrected chi connectivity index (χ1v) is 5.36. The summed E-state index contributed by atoms with van der Waals surface area (Å²) in [4.78, 5) is 21.7. The van der Waals surface area contributed by atoms with Crippen molar-refractivity contribution in [2.45, 2.75) is 6.92 Å². The number of benzene rings is 1. The van der Waals surface area contributed by atoms with Crippen LogP contribution in [0.25, 0.3) is 0 Å². The van der Waals surface area contributed by atoms with Gasteiger partial charge in [-0.3, -0.25) is 4.79 Å². The molecule has 0 aliphatic rings. The summed E-state index contributed by atoms with van der Waals surface area (Å²) in [6.45, 7) is 1.01. The fraction of sp³-hybridized carbons (Fsp3) is 0.250. The second kappa shape index (κ2) is 7.00. The van der Waals surface area contributed by atoms with E-state index in [1.54, 1.807) is 31.4 Å². The van der Waals surface area contributed by atoms with Crippen molar-refractivity contribution in [1.82, 2.24) is 5.43 Å². The van der Waals surface area contributed by atoms with Gasteiger partial charge in [0, 0.05) is 0 Å². The van der Waals surface area contributed by atoms with Gasteiger partial charge in [-0.1, -0.05) is 0 Å². The Balaban J connectivity index is 2.41. The molecule has 0 aliphatic heterocycles. The van der Waals surface area contributed by atoms with E-state index in [-0.39, 0.29) is 12.3 Å². The van der Waals surface area contributed by atoms with Gasteiger partial charge < -0.3 is 14.6 Å². The lowest BCUT2D eigenvalue weighted by Crippen LogP contribution is -2.26. The summed E-state index contributed by atoms with van der Waals surface area (Å²) in [5, 5.41) is 11.9. The minimum absolute atomic E-state index is 0.210. The Bertz CT molecular complexity index is 481. The predicted octanol–water partition coefficient (Wildman–Crippen LogP) is 0.651. The Kier molecular flexibility index (Phi) is 5.34. The first-order valence-electron chi connectivity index (χ1n) is 5.36. The van der Waals surface area contributed by atoms with Crippen molar-refractivity contribution in [2.75, 3.05) is 13.7 Å². The summed E-state index contributed by atoms with van der Waals surface area (Å²) in [5.74, 6) is -0.568. The second-order valence-electron chi connectivity index (χ2n) is 3.50. The average Bonchev–Trinajstić information content (AvgIpc) is 2.42. The fourth-order valence-electron chi connectivity index (χ4n) is 1.05. The first kappa shape index (κ1) is 14.5. The number of carboxylic acid groups (broad SMARTS) is 1. The number of amides is 1. The molecule has 19 heavy (non-hydrogen) atoms. The first-order chi connectivity index (χ1) is 9.02. The van der Waals surface area contributed by atoms with Crippen molar-refractivity contribution in [3.63, 3.8) is 0 Å². The summed E-state index contributed by atoms with van der Waals surface area (Å²) < 4.78 is 10.1. The molecule has 0 bridgehead atoms. The number of nitrogens with zero attached hydrogens (tertiary/aromatic N) is 1. The lowest BCUT2D eigenvalue weighted by Gasteiger charge is -2.06. The smallest absolute Gasteiger partial charge is 0.351 e. The standard InChI is InChI=1S/C12H14N2O5/c1-8(12(16)17)13-14-11(15)7-19-10-5-3-9(18-2)4-6-10/h3-6H,7H2,1-2H3,(H,14,15)(H,16,17)/b13-8+. The van der Waals surface area contributed by atoms with Crippen LogP contribution in [0.1, 0.15) is 6.92 Å². The molecule has 7 heteroatoms. The monoisotopic (exact) mass is 266 g/mol. The average molecular weight is 266 g/mol. The van der Waals surface area contributed by atoms with Gasteiger partial charge in [0.05, 0.1) is 7.11 Å². The van der Waals surface area contributed by atoms with Gasteiger partial charge in [0.25, 0.3) is 5.91 Å². The van der Waals surface area contributed by atoms with Crippen LogP contribution in [0.5, 0.6) is 11.5 Å². The van der Waals surface area contributed by atoms with Crippen molar-refractivity contribution >= 4 is 17.6 Å². The normalized spacial score (nSPS) is 10.7. The van der Waals surface area contributed by atoms with Crippen molar-refractivity contribution in [2.24, 2.45) is 5.10 Å². The third kappa shape index (κ3) is 5.07. The zero-order chi connectivity index (χ0) is 14.3. The molecule has 0 fully saturated rings. The molecule has 0 unspecified atom stereocenters. The number of carbonyl (C=O) groups excluding carboxylic acids is 1. The van der Waals surface area contributed by atoms with E-state index in [1.165, 1.54) is 6.92 Å². The van der Waals surface area contributed by atoms with Crippen LogP contribution in [0.4, 0.5) is 0 Å². The van der Waals surface area contributed by atoms with E-state index in [4.69, 9.17) is 14.6 Å². The highest BCUT2D eigenvalue weighted by atomic mass is 16.5. The van der Waals surface area contributed by atoms with Crippen LogP contribution in [0.3, 0.4) is 0 Å². The van der Waals surface area contributed by atoms with Gasteiger partial charge >= 0.3 is 5.97 Å². The largest absolute Gasteiger partial charge is 0.497 e. The zero-order valence-corrected chi connectivity index (χ0v) is 10.5. The molecule has 102 valence electrons. The van der Waals surface area contributed by atoms with Gasteiger partial charge in [0.2, 0.25) is 0 Å². The molecular weight excluding hydrogens is 252 g/mol. The van der Waals surface area contributed by atoms with Crippen molar-refractivity contribution in [3.05, 3.63) is 24.3 Å². The van der Waals surface area contributed by atoms with Crippen LogP contribution in [0.15, 0.2) is 29.4 Å². The van der Waals surface area contributed by atoms with Crippen molar-refractivity contribution in [3.8, 4) is 11.5 Å². The number of carbonyl (C=O) groups is 2. The van der Waals surface area contributed by atoms with Gasteiger partial charge in [-0.2, -0.15) is 5.10 Å². The zero-order valence-electron chi connectivity index (χ0n) is 10.5. The summed E-state index contributed by atoms with van der Waals surface area (Å²) in [5.41, 5.74) is 1.86. The highest BCUT2D eigenvalue weighted by molar-refractivity contribution is 6.34. The molecule has 1 aromatic carbocycles. The van der Waals surface area contributed by atoms with Crippen LogP contribution in [0, 0.1) is 0 Å². The van der Waals surface area contributed by atoms with Gasteiger partial charge in [0.15, 0.2) is 6.61 Å². The van der Waals surface area contributed by atoms with E-state index < -0.39 is 11.9 Å². The molecular formula is C12H14N2O5. The molecule has 0 saturated carbocycles. The molecule has 0 atom stereocenters. The van der Waals surface area contributed by atoms with Crippen molar-refractivity contribution in [1.29, 1.82) is 0 Å². The van der Waals surface area contributed by atoms with Crippen LogP contribution >= 0.6 is 0 Å². The Morgan fingerprint density at radius 2 is 1.84 bits per heavy atom. The van der Waals surface area contributed by atoms with Crippen LogP contribution < -0.4 is 14.9 Å². The summed E-state index contributed by atoms with van der Waals surface area (Å²) in [6, 6.07) is 6.69. The molecule has 0 heterocycles. The highest BCUT2D eigenvalue weighted by Gasteiger charge is 2.05. The number of nitrogens with one attached hydrogen (secondary N) is 1. The van der Waals surface area contributed by atoms with Gasteiger partial charge in [-0.05, 0) is 31.2 Å². The highest BCUT2D eigenvalue weighted by Crippen LogP contribution is 2.16. The van der Waals surface area contributed by atoms with Gasteiger partial charge in [-0.15, -0.1) is 0 Å². The van der Waals surface area contributed by atoms with E-state index in [9.17, 15) is 9.59 Å². The number of hydrazone groups is 1. The minimum atomic E-state index is -1.20. The Labute approximate surface area is 109 Å². The molecule has 2 N–H and O–H groups in total. The van der Waals surface area contributed by atoms with E-state index in [0.29, 0.717) is 11.5 Å². The Morgan fingerprint density at radius 3 is 2.37 bits per heavy atom. The molecule has 0 spiro atoms. The van der Waals surface area contributed by atoms with E-state index in [0.717, 1.165) is 0 Å². The molecule has 0 aromatic heterocycles. The third-order valence-corrected chi connectivity index (χ3v) is 2.09. The summed E-state index contributed by atoms with van der Waals surface area (Å²) in [6.07, 6.45) is 0. The predicted molar refractivity (Wildman–Crippen MR) is 67.4 cm³/mol. The SMILES string of the molecule is COc1ccc(OCC(=O)N/N=C(\C)C(=O)O)cc1. The number of ether oxygens (including phenoxy) is 2. The third-order valence-electron chi connectivity index (χ3n) is 2.09. The lowest BCUT2D eigenvalue weighted by atomic mass is 10.3. The number of methoxy groups -OCH3 is 1. The quantitative estimate of drug-likeness (QED) is 0.582. The van der Waals surface area contributed by atoms with E-state index in [1.807, 2.05) is 0 Å². The van der Waals surface area contributed by atoms with E-state index in [2.05, 4.69) is 10.5 Å². The second-order valence-corrected chi connectivity index (χ2v) is 3.50. The fourth-order valence-corrected chi connectivity index (χ4v) is 1.05. The van der Waals surface area contributed by atoms with Crippen LogP contribution in [0.2, 0.25) is 0 Å². The summed E-state index contributed by atoms with van der Waals surface area (Å²) in [7, 11) is 1.55. The Hall–Kier alpha value is -2.57. The lowest BCUT2D eigenvalue weighted by molar-refractivity contribution is -0.129. The van der Waals surface area contributed by atoms with E-state index >= 15 is 0 Å². The maximum atomic E-state index is 11.3. The molecule has 0 aliphatic carbocycles. The maximum absolute atomic E-state index is 11.3. The van der Waals surface area contributed by atoms with Gasteiger partial charge in [0.1, 0.15) is 17.2 Å². The molecule has 0 radical (unpaired) electrons. The number of rotatable bonds is 6. The Morgan fingerprint density at radius 1 is 1.26 bits per heavy atom. The maximum Gasteiger partial charge on any atom is 0.351 e. The topological polar surface area (TPSA) is 97.2 Å². The molecule has 1 rings (SSSR count).